The number of halogens is 4. The Morgan fingerprint density at radius 1 is 1.14 bits per heavy atom. The molecule has 1 aromatic carbocycles. The number of methoxy groups -OCH3 is 1. The number of nitrogens with two attached hydrogens (primary N) is 1. The van der Waals surface area contributed by atoms with Gasteiger partial charge in [0, 0.05) is 62.5 Å². The Balaban J connectivity index is 1.56. The fraction of sp³-hybridized carbons (Fsp3) is 0.545. The number of carbonyl (C=O) groups excluding carboxylic acids is 1. The summed E-state index contributed by atoms with van der Waals surface area (Å²) in [5.74, 6) is 0.761. The molecule has 0 bridgehead atoms. The molecule has 192 valence electrons. The SMILES string of the molecule is COc1cc2nc(N3CCCN(C(=O)N4CCOCC4)CC3)cc(N)c2c(I)c1OCC(F)(F)F. The maximum atomic E-state index is 12.9. The van der Waals surface area contributed by atoms with Gasteiger partial charge < -0.3 is 34.6 Å². The highest BCUT2D eigenvalue weighted by Gasteiger charge is 2.30. The van der Waals surface area contributed by atoms with E-state index in [0.29, 0.717) is 78.5 Å². The molecule has 2 aromatic rings. The van der Waals surface area contributed by atoms with E-state index >= 15 is 0 Å². The van der Waals surface area contributed by atoms with Crippen molar-refractivity contribution in [3.05, 3.63) is 15.7 Å². The van der Waals surface area contributed by atoms with E-state index in [1.807, 2.05) is 32.4 Å². The van der Waals surface area contributed by atoms with Gasteiger partial charge in [-0.2, -0.15) is 13.2 Å². The molecule has 2 aliphatic rings. The van der Waals surface area contributed by atoms with Crippen LogP contribution in [-0.4, -0.2) is 93.2 Å². The predicted molar refractivity (Wildman–Crippen MR) is 133 cm³/mol. The number of ether oxygens (including phenoxy) is 3. The molecule has 35 heavy (non-hydrogen) atoms. The van der Waals surface area contributed by atoms with E-state index < -0.39 is 12.8 Å². The van der Waals surface area contributed by atoms with Crippen LogP contribution in [0.25, 0.3) is 10.9 Å². The number of urea groups is 1. The maximum Gasteiger partial charge on any atom is 0.422 e. The average molecular weight is 609 g/mol. The van der Waals surface area contributed by atoms with Crippen molar-refractivity contribution in [3.8, 4) is 11.5 Å². The second kappa shape index (κ2) is 10.7. The van der Waals surface area contributed by atoms with Gasteiger partial charge in [0.15, 0.2) is 18.1 Å². The summed E-state index contributed by atoms with van der Waals surface area (Å²) in [7, 11) is 1.36. The van der Waals surface area contributed by atoms with Crippen LogP contribution in [-0.2, 0) is 4.74 Å². The zero-order valence-corrected chi connectivity index (χ0v) is 21.4. The van der Waals surface area contributed by atoms with E-state index in [-0.39, 0.29) is 17.5 Å². The van der Waals surface area contributed by atoms with Crippen LogP contribution in [0.1, 0.15) is 6.42 Å². The van der Waals surface area contributed by atoms with Crippen molar-refractivity contribution in [2.45, 2.75) is 12.6 Å². The van der Waals surface area contributed by atoms with Gasteiger partial charge in [-0.05, 0) is 29.0 Å². The van der Waals surface area contributed by atoms with E-state index in [1.54, 1.807) is 6.07 Å². The van der Waals surface area contributed by atoms with Crippen LogP contribution in [0, 0.1) is 3.57 Å². The van der Waals surface area contributed by atoms with E-state index in [4.69, 9.17) is 24.9 Å². The number of carbonyl (C=O) groups is 1. The highest BCUT2D eigenvalue weighted by atomic mass is 127. The van der Waals surface area contributed by atoms with Crippen molar-refractivity contribution < 1.29 is 32.2 Å². The molecule has 0 aliphatic carbocycles. The molecule has 0 unspecified atom stereocenters. The molecule has 2 aliphatic heterocycles. The first-order valence-electron chi connectivity index (χ1n) is 11.2. The molecule has 4 rings (SSSR count). The van der Waals surface area contributed by atoms with Crippen molar-refractivity contribution in [1.82, 2.24) is 14.8 Å². The maximum absolute atomic E-state index is 12.9. The Kier molecular flexibility index (Phi) is 7.83. The monoisotopic (exact) mass is 609 g/mol. The largest absolute Gasteiger partial charge is 0.493 e. The van der Waals surface area contributed by atoms with Gasteiger partial charge in [0.05, 0.1) is 29.4 Å². The minimum atomic E-state index is -4.49. The van der Waals surface area contributed by atoms with Gasteiger partial charge in [0.25, 0.3) is 0 Å². The third-order valence-electron chi connectivity index (χ3n) is 5.95. The van der Waals surface area contributed by atoms with Crippen LogP contribution in [0.4, 0.5) is 29.5 Å². The van der Waals surface area contributed by atoms with Gasteiger partial charge in [-0.25, -0.2) is 9.78 Å². The number of morpholine rings is 1. The Labute approximate surface area is 214 Å². The van der Waals surface area contributed by atoms with Gasteiger partial charge in [0.1, 0.15) is 5.82 Å². The topological polar surface area (TPSA) is 93.4 Å². The minimum Gasteiger partial charge on any atom is -0.493 e. The molecule has 0 spiro atoms. The number of benzene rings is 1. The number of hydrogen-bond acceptors (Lipinski definition) is 7. The van der Waals surface area contributed by atoms with Gasteiger partial charge in [-0.3, -0.25) is 0 Å². The van der Waals surface area contributed by atoms with Gasteiger partial charge in [-0.1, -0.05) is 0 Å². The Hall–Kier alpha value is -2.42. The first-order valence-corrected chi connectivity index (χ1v) is 12.3. The van der Waals surface area contributed by atoms with Crippen LogP contribution >= 0.6 is 22.6 Å². The summed E-state index contributed by atoms with van der Waals surface area (Å²) >= 11 is 1.90. The lowest BCUT2D eigenvalue weighted by molar-refractivity contribution is -0.153. The number of fused-ring (bicyclic) bond motifs is 1. The molecule has 2 amide bonds. The van der Waals surface area contributed by atoms with Crippen LogP contribution in [0.3, 0.4) is 0 Å². The highest BCUT2D eigenvalue weighted by molar-refractivity contribution is 14.1. The highest BCUT2D eigenvalue weighted by Crippen LogP contribution is 2.41. The average Bonchev–Trinajstić information content (AvgIpc) is 3.08. The minimum absolute atomic E-state index is 0.0202. The fourth-order valence-electron chi connectivity index (χ4n) is 4.22. The molecule has 1 aromatic heterocycles. The quantitative estimate of drug-likeness (QED) is 0.532. The molecular formula is C22H27F3IN5O4. The van der Waals surface area contributed by atoms with Crippen LogP contribution in [0.2, 0.25) is 0 Å². The summed E-state index contributed by atoms with van der Waals surface area (Å²) in [6.45, 7) is 3.30. The van der Waals surface area contributed by atoms with E-state index in [9.17, 15) is 18.0 Å². The van der Waals surface area contributed by atoms with E-state index in [0.717, 1.165) is 6.42 Å². The summed E-state index contributed by atoms with van der Waals surface area (Å²) in [4.78, 5) is 23.3. The van der Waals surface area contributed by atoms with Crippen LogP contribution in [0.15, 0.2) is 12.1 Å². The first-order chi connectivity index (χ1) is 16.7. The zero-order valence-electron chi connectivity index (χ0n) is 19.2. The number of nitrogen functional groups attached to an aromatic ring is 1. The first kappa shape index (κ1) is 25.7. The molecular weight excluding hydrogens is 582 g/mol. The number of nitrogens with zero attached hydrogens (tertiary/aromatic N) is 4. The zero-order chi connectivity index (χ0) is 25.2. The van der Waals surface area contributed by atoms with Gasteiger partial charge >= 0.3 is 12.2 Å². The number of alkyl halides is 3. The third kappa shape index (κ3) is 5.88. The summed E-state index contributed by atoms with van der Waals surface area (Å²) < 4.78 is 54.3. The Morgan fingerprint density at radius 3 is 2.54 bits per heavy atom. The number of hydrogen-bond donors (Lipinski definition) is 1. The standard InChI is InChI=1S/C22H27F3IN5O4/c1-33-16-12-15-18(19(26)20(16)35-13-22(23,24)25)14(27)11-17(28-15)29-3-2-4-30(6-5-29)21(32)31-7-9-34-10-8-31/h11-12H,2-10,13H2,1H3,(H2,27,28). The molecule has 3 heterocycles. The molecule has 0 radical (unpaired) electrons. The van der Waals surface area contributed by atoms with E-state index in [2.05, 4.69) is 4.90 Å². The lowest BCUT2D eigenvalue weighted by atomic mass is 10.1. The van der Waals surface area contributed by atoms with Gasteiger partial charge in [-0.15, -0.1) is 0 Å². The summed E-state index contributed by atoms with van der Waals surface area (Å²) in [5, 5.41) is 0.506. The number of rotatable bonds is 4. The molecule has 2 N–H and O–H groups in total. The second-order valence-electron chi connectivity index (χ2n) is 8.30. The molecule has 0 atom stereocenters. The fourth-order valence-corrected chi connectivity index (χ4v) is 5.23. The molecule has 13 heteroatoms. The van der Waals surface area contributed by atoms with Crippen molar-refractivity contribution in [2.75, 3.05) is 76.8 Å². The van der Waals surface area contributed by atoms with Crippen molar-refractivity contribution in [3.63, 3.8) is 0 Å². The smallest absolute Gasteiger partial charge is 0.422 e. The molecule has 0 saturated carbocycles. The van der Waals surface area contributed by atoms with Crippen molar-refractivity contribution >= 4 is 51.0 Å². The van der Waals surface area contributed by atoms with Crippen LogP contribution < -0.4 is 20.1 Å². The third-order valence-corrected chi connectivity index (χ3v) is 6.98. The lowest BCUT2D eigenvalue weighted by Gasteiger charge is -2.32. The molecule has 9 nitrogen and oxygen atoms in total. The summed E-state index contributed by atoms with van der Waals surface area (Å²) in [6, 6.07) is 3.27. The van der Waals surface area contributed by atoms with Crippen LogP contribution in [0.5, 0.6) is 11.5 Å². The summed E-state index contributed by atoms with van der Waals surface area (Å²) in [6.07, 6.45) is -3.72. The number of pyridine rings is 1. The number of anilines is 2. The van der Waals surface area contributed by atoms with Crippen molar-refractivity contribution in [1.29, 1.82) is 0 Å². The Morgan fingerprint density at radius 2 is 1.86 bits per heavy atom. The number of aromatic nitrogens is 1. The molecule has 2 fully saturated rings. The molecule has 2 saturated heterocycles. The van der Waals surface area contributed by atoms with Crippen molar-refractivity contribution in [2.24, 2.45) is 0 Å². The van der Waals surface area contributed by atoms with E-state index in [1.165, 1.54) is 13.2 Å². The van der Waals surface area contributed by atoms with Gasteiger partial charge in [0.2, 0.25) is 0 Å². The predicted octanol–water partition coefficient (Wildman–Crippen LogP) is 3.34. The lowest BCUT2D eigenvalue weighted by Crippen LogP contribution is -2.49. The Bertz CT molecular complexity index is 1080. The summed E-state index contributed by atoms with van der Waals surface area (Å²) in [5.41, 5.74) is 7.21. The normalized spacial score (nSPS) is 17.5. The second-order valence-corrected chi connectivity index (χ2v) is 9.38. The number of amides is 2.